The van der Waals surface area contributed by atoms with Gasteiger partial charge in [0, 0.05) is 32.2 Å². The van der Waals surface area contributed by atoms with Crippen molar-refractivity contribution in [2.24, 2.45) is 0 Å². The monoisotopic (exact) mass is 438 g/mol. The van der Waals surface area contributed by atoms with Crippen molar-refractivity contribution in [1.29, 1.82) is 0 Å². The van der Waals surface area contributed by atoms with Crippen LogP contribution in [0.4, 0.5) is 10.1 Å². The first-order chi connectivity index (χ1) is 15.4. The minimum Gasteiger partial charge on any atom is -0.366 e. The number of hydrogen-bond acceptors (Lipinski definition) is 4. The van der Waals surface area contributed by atoms with Crippen molar-refractivity contribution in [2.75, 3.05) is 31.1 Å². The Balaban J connectivity index is 1.59. The number of para-hydroxylation sites is 2. The van der Waals surface area contributed by atoms with Gasteiger partial charge in [0.25, 0.3) is 5.56 Å². The largest absolute Gasteiger partial charge is 0.366 e. The SMILES string of the molecule is CC[C@@H](C)n1c(=O)c2ccccc2n(CC(=O)N2CCN(c3ccccc3F)CC2)c1=O. The molecule has 7 nitrogen and oxygen atoms in total. The highest BCUT2D eigenvalue weighted by Crippen LogP contribution is 2.20. The average molecular weight is 439 g/mol. The fourth-order valence-corrected chi connectivity index (χ4v) is 4.20. The number of anilines is 1. The summed E-state index contributed by atoms with van der Waals surface area (Å²) >= 11 is 0. The van der Waals surface area contributed by atoms with Gasteiger partial charge in [-0.05, 0) is 37.6 Å². The molecular formula is C24H27FN4O3. The van der Waals surface area contributed by atoms with Gasteiger partial charge in [-0.25, -0.2) is 9.18 Å². The lowest BCUT2D eigenvalue weighted by Crippen LogP contribution is -2.51. The van der Waals surface area contributed by atoms with Crippen LogP contribution in [0.2, 0.25) is 0 Å². The summed E-state index contributed by atoms with van der Waals surface area (Å²) < 4.78 is 16.7. The van der Waals surface area contributed by atoms with E-state index in [-0.39, 0.29) is 29.9 Å². The maximum Gasteiger partial charge on any atom is 0.332 e. The molecule has 0 aliphatic carbocycles. The molecule has 0 bridgehead atoms. The zero-order valence-corrected chi connectivity index (χ0v) is 18.3. The Hall–Kier alpha value is -3.42. The van der Waals surface area contributed by atoms with Crippen LogP contribution < -0.4 is 16.1 Å². The van der Waals surface area contributed by atoms with Crippen LogP contribution in [-0.2, 0) is 11.3 Å². The summed E-state index contributed by atoms with van der Waals surface area (Å²) in [5.41, 5.74) is 0.186. The molecule has 0 unspecified atom stereocenters. The third-order valence-electron chi connectivity index (χ3n) is 6.23. The Morgan fingerprint density at radius 1 is 1.00 bits per heavy atom. The number of hydrogen-bond donors (Lipinski definition) is 0. The molecule has 1 amide bonds. The van der Waals surface area contributed by atoms with Crippen molar-refractivity contribution in [3.8, 4) is 0 Å². The lowest BCUT2D eigenvalue weighted by molar-refractivity contribution is -0.132. The average Bonchev–Trinajstić information content (AvgIpc) is 2.82. The van der Waals surface area contributed by atoms with E-state index in [2.05, 4.69) is 0 Å². The van der Waals surface area contributed by atoms with Crippen molar-refractivity contribution >= 4 is 22.5 Å². The highest BCUT2D eigenvalue weighted by Gasteiger charge is 2.24. The molecule has 1 fully saturated rings. The van der Waals surface area contributed by atoms with Crippen molar-refractivity contribution in [3.05, 3.63) is 75.2 Å². The van der Waals surface area contributed by atoms with Gasteiger partial charge in [0.2, 0.25) is 5.91 Å². The standard InChI is InChI=1S/C24H27FN4O3/c1-3-17(2)29-23(31)18-8-4-6-10-20(18)28(24(29)32)16-22(30)27-14-12-26(13-15-27)21-11-7-5-9-19(21)25/h4-11,17H,3,12-16H2,1-2H3/t17-/m1/s1. The molecule has 0 N–H and O–H groups in total. The number of nitrogens with zero attached hydrogens (tertiary/aromatic N) is 4. The van der Waals surface area contributed by atoms with Crippen LogP contribution in [0.3, 0.4) is 0 Å². The van der Waals surface area contributed by atoms with Crippen molar-refractivity contribution in [1.82, 2.24) is 14.0 Å². The van der Waals surface area contributed by atoms with Gasteiger partial charge in [0.05, 0.1) is 16.6 Å². The molecule has 2 aromatic carbocycles. The summed E-state index contributed by atoms with van der Waals surface area (Å²) in [5, 5.41) is 0.421. The van der Waals surface area contributed by atoms with Crippen LogP contribution in [-0.4, -0.2) is 46.1 Å². The van der Waals surface area contributed by atoms with E-state index in [4.69, 9.17) is 0 Å². The minimum absolute atomic E-state index is 0.143. The Bertz CT molecular complexity index is 1260. The second kappa shape index (κ2) is 8.98. The molecule has 1 aliphatic rings. The zero-order valence-electron chi connectivity index (χ0n) is 18.3. The van der Waals surface area contributed by atoms with Crippen molar-refractivity contribution in [2.45, 2.75) is 32.9 Å². The Morgan fingerprint density at radius 3 is 2.34 bits per heavy atom. The van der Waals surface area contributed by atoms with Crippen LogP contribution in [0.5, 0.6) is 0 Å². The van der Waals surface area contributed by atoms with E-state index in [0.717, 1.165) is 0 Å². The molecule has 168 valence electrons. The molecule has 1 saturated heterocycles. The quantitative estimate of drug-likeness (QED) is 0.614. The number of piperazine rings is 1. The molecule has 2 heterocycles. The summed E-state index contributed by atoms with van der Waals surface area (Å²) in [7, 11) is 0. The van der Waals surface area contributed by atoms with Gasteiger partial charge in [0.1, 0.15) is 12.4 Å². The molecule has 3 aromatic rings. The van der Waals surface area contributed by atoms with E-state index in [1.807, 2.05) is 18.7 Å². The van der Waals surface area contributed by atoms with Gasteiger partial charge in [-0.3, -0.25) is 18.7 Å². The van der Waals surface area contributed by atoms with E-state index in [9.17, 15) is 18.8 Å². The lowest BCUT2D eigenvalue weighted by atomic mass is 10.2. The van der Waals surface area contributed by atoms with E-state index in [1.54, 1.807) is 47.4 Å². The molecule has 1 atom stereocenters. The molecule has 0 saturated carbocycles. The molecule has 32 heavy (non-hydrogen) atoms. The van der Waals surface area contributed by atoms with E-state index in [1.165, 1.54) is 15.2 Å². The molecular weight excluding hydrogens is 411 g/mol. The molecule has 1 aromatic heterocycles. The Labute approximate surface area is 185 Å². The number of halogens is 1. The first-order valence-corrected chi connectivity index (χ1v) is 10.9. The highest BCUT2D eigenvalue weighted by molar-refractivity contribution is 5.82. The minimum atomic E-state index is -0.471. The predicted molar refractivity (Wildman–Crippen MR) is 123 cm³/mol. The van der Waals surface area contributed by atoms with Gasteiger partial charge < -0.3 is 9.80 Å². The topological polar surface area (TPSA) is 67.6 Å². The lowest BCUT2D eigenvalue weighted by Gasteiger charge is -2.36. The maximum atomic E-state index is 14.1. The van der Waals surface area contributed by atoms with Gasteiger partial charge in [-0.1, -0.05) is 31.2 Å². The van der Waals surface area contributed by atoms with Crippen molar-refractivity contribution < 1.29 is 9.18 Å². The highest BCUT2D eigenvalue weighted by atomic mass is 19.1. The molecule has 1 aliphatic heterocycles. The Kier molecular flexibility index (Phi) is 6.12. The van der Waals surface area contributed by atoms with Crippen LogP contribution in [0.15, 0.2) is 58.1 Å². The number of aromatic nitrogens is 2. The normalized spacial score (nSPS) is 15.2. The Morgan fingerprint density at radius 2 is 1.66 bits per heavy atom. The summed E-state index contributed by atoms with van der Waals surface area (Å²) in [6.07, 6.45) is 0.624. The first kappa shape index (κ1) is 21.8. The maximum absolute atomic E-state index is 14.1. The second-order valence-electron chi connectivity index (χ2n) is 8.14. The van der Waals surface area contributed by atoms with Gasteiger partial charge in [-0.2, -0.15) is 0 Å². The smallest absolute Gasteiger partial charge is 0.332 e. The summed E-state index contributed by atoms with van der Waals surface area (Å²) in [5.74, 6) is -0.475. The number of carbonyl (C=O) groups excluding carboxylic acids is 1. The zero-order chi connectivity index (χ0) is 22.8. The molecule has 0 spiro atoms. The third kappa shape index (κ3) is 3.92. The number of benzene rings is 2. The van der Waals surface area contributed by atoms with Crippen LogP contribution in [0, 0.1) is 5.82 Å². The van der Waals surface area contributed by atoms with Crippen LogP contribution in [0.1, 0.15) is 26.3 Å². The van der Waals surface area contributed by atoms with E-state index >= 15 is 0 Å². The van der Waals surface area contributed by atoms with Crippen LogP contribution >= 0.6 is 0 Å². The van der Waals surface area contributed by atoms with Gasteiger partial charge in [0.15, 0.2) is 0 Å². The fourth-order valence-electron chi connectivity index (χ4n) is 4.20. The number of carbonyl (C=O) groups is 1. The summed E-state index contributed by atoms with van der Waals surface area (Å²) in [6, 6.07) is 13.2. The van der Waals surface area contributed by atoms with Gasteiger partial charge >= 0.3 is 5.69 Å². The first-order valence-electron chi connectivity index (χ1n) is 10.9. The van der Waals surface area contributed by atoms with E-state index < -0.39 is 5.69 Å². The molecule has 0 radical (unpaired) electrons. The molecule has 4 rings (SSSR count). The molecule has 8 heteroatoms. The van der Waals surface area contributed by atoms with E-state index in [0.29, 0.717) is 49.2 Å². The van der Waals surface area contributed by atoms with Crippen molar-refractivity contribution in [3.63, 3.8) is 0 Å². The van der Waals surface area contributed by atoms with Crippen LogP contribution in [0.25, 0.3) is 10.9 Å². The summed E-state index contributed by atoms with van der Waals surface area (Å²) in [4.78, 5) is 42.8. The fraction of sp³-hybridized carbons (Fsp3) is 0.375. The second-order valence-corrected chi connectivity index (χ2v) is 8.14. The summed E-state index contributed by atoms with van der Waals surface area (Å²) in [6.45, 7) is 5.48. The number of fused-ring (bicyclic) bond motifs is 1. The van der Waals surface area contributed by atoms with Gasteiger partial charge in [-0.15, -0.1) is 0 Å². The number of rotatable bonds is 5. The third-order valence-corrected chi connectivity index (χ3v) is 6.23. The number of amides is 1. The predicted octanol–water partition coefficient (Wildman–Crippen LogP) is 2.62.